The van der Waals surface area contributed by atoms with Crippen LogP contribution in [0.25, 0.3) is 33.9 Å². The summed E-state index contributed by atoms with van der Waals surface area (Å²) < 4.78 is 18.8. The second-order valence-electron chi connectivity index (χ2n) is 20.6. The van der Waals surface area contributed by atoms with E-state index in [2.05, 4.69) is 188 Å². The highest BCUT2D eigenvalue weighted by atomic mass is 127. The second kappa shape index (κ2) is 30.8. The lowest BCUT2D eigenvalue weighted by atomic mass is 9.85. The molecule has 10 heteroatoms. The van der Waals surface area contributed by atoms with E-state index in [-0.39, 0.29) is 24.0 Å². The van der Waals surface area contributed by atoms with Crippen molar-refractivity contribution in [3.63, 3.8) is 0 Å². The number of benzene rings is 6. The highest BCUT2D eigenvalue weighted by molar-refractivity contribution is 6.04. The molecule has 0 saturated carbocycles. The van der Waals surface area contributed by atoms with Crippen molar-refractivity contribution in [2.45, 2.75) is 45.3 Å². The number of nitrogens with zero attached hydrogens (tertiary/aromatic N) is 6. The van der Waals surface area contributed by atoms with Crippen LogP contribution < -0.4 is 33.4 Å². The fraction of sp³-hybridized carbons (Fsp3) is 0.324. The molecule has 78 heavy (non-hydrogen) atoms. The van der Waals surface area contributed by atoms with Gasteiger partial charge < -0.3 is 43.1 Å². The molecule has 1 aromatic heterocycles. The predicted molar refractivity (Wildman–Crippen MR) is 315 cm³/mol. The van der Waals surface area contributed by atoms with Crippen LogP contribution in [0, 0.1) is 11.3 Å². The van der Waals surface area contributed by atoms with E-state index < -0.39 is 0 Å². The van der Waals surface area contributed by atoms with E-state index >= 15 is 0 Å². The lowest BCUT2D eigenvalue weighted by molar-refractivity contribution is -0.697. The summed E-state index contributed by atoms with van der Waals surface area (Å²) in [5, 5.41) is 9.74. The summed E-state index contributed by atoms with van der Waals surface area (Å²) in [4.78, 5) is 9.53. The fourth-order valence-corrected chi connectivity index (χ4v) is 10.4. The number of morpholine rings is 3. The van der Waals surface area contributed by atoms with E-state index in [0.29, 0.717) is 5.57 Å². The number of allylic oxidation sites excluding steroid dienone is 1. The molecule has 4 heterocycles. The van der Waals surface area contributed by atoms with Crippen molar-refractivity contribution in [3.8, 4) is 17.2 Å². The van der Waals surface area contributed by atoms with E-state index in [1.54, 1.807) is 0 Å². The van der Waals surface area contributed by atoms with Crippen molar-refractivity contribution in [1.29, 1.82) is 5.26 Å². The number of ether oxygens (including phenoxy) is 3. The number of aryl methyl sites for hydroxylation is 1. The molecule has 3 aliphatic rings. The standard InChI is InChI=1S/C36H38N2O2.C32H39N4O.HI/c1-3-7-31(8-4-1)35(33-15-11-29(12-16-33)27-37-19-23-39-24-20-37)36(32-9-5-2-6-10-32)34-17-13-30(14-18-34)28-38-21-25-40-26-22-38;1-34(2)32-13-7-27(8-14-32)25-31(26-33)29-11-9-28(10-12-29)30-15-19-35(20-16-30)17-5-3-4-6-18-36-21-23-37-24-22-36;/h1-18H,19-28H2;7-16,19-20,25H,3-6,17-18,21-24H2,1-2H3;1H/q;+1;/p-1. The van der Waals surface area contributed by atoms with Gasteiger partial charge in [0.25, 0.3) is 0 Å². The van der Waals surface area contributed by atoms with Crippen LogP contribution in [-0.2, 0) is 33.8 Å². The minimum atomic E-state index is 0. The molecule has 9 nitrogen and oxygen atoms in total. The third kappa shape index (κ3) is 17.1. The van der Waals surface area contributed by atoms with Gasteiger partial charge in [-0.3, -0.25) is 14.7 Å². The first-order valence-electron chi connectivity index (χ1n) is 27.9. The lowest BCUT2D eigenvalue weighted by Crippen LogP contribution is -3.00. The van der Waals surface area contributed by atoms with E-state index in [9.17, 15) is 5.26 Å². The number of rotatable bonds is 19. The number of aromatic nitrogens is 1. The minimum Gasteiger partial charge on any atom is -1.00 e. The maximum absolute atomic E-state index is 9.74. The number of hydrogen-bond acceptors (Lipinski definition) is 8. The zero-order chi connectivity index (χ0) is 52.9. The molecule has 7 aromatic rings. The Labute approximate surface area is 482 Å². The van der Waals surface area contributed by atoms with Gasteiger partial charge in [0.1, 0.15) is 6.54 Å². The van der Waals surface area contributed by atoms with Crippen LogP contribution in [-0.4, -0.2) is 114 Å². The number of anilines is 1. The predicted octanol–water partition coefficient (Wildman–Crippen LogP) is 9.03. The summed E-state index contributed by atoms with van der Waals surface area (Å²) in [5.41, 5.74) is 16.2. The van der Waals surface area contributed by atoms with Crippen LogP contribution in [0.15, 0.2) is 182 Å². The number of halogens is 1. The van der Waals surface area contributed by atoms with Crippen molar-refractivity contribution in [2.75, 3.05) is 104 Å². The Hall–Kier alpha value is -6.27. The topological polar surface area (TPSA) is 68.3 Å². The molecule has 0 N–H and O–H groups in total. The average molecular weight is 1150 g/mol. The summed E-state index contributed by atoms with van der Waals surface area (Å²) >= 11 is 0. The van der Waals surface area contributed by atoms with Gasteiger partial charge >= 0.3 is 0 Å². The quantitative estimate of drug-likeness (QED) is 0.0262. The largest absolute Gasteiger partial charge is 1.00 e. The van der Waals surface area contributed by atoms with Gasteiger partial charge in [0.15, 0.2) is 12.4 Å². The lowest BCUT2D eigenvalue weighted by Gasteiger charge is -2.27. The first-order valence-corrected chi connectivity index (χ1v) is 27.9. The first kappa shape index (κ1) is 57.9. The van der Waals surface area contributed by atoms with Gasteiger partial charge in [-0.15, -0.1) is 0 Å². The molecule has 3 saturated heterocycles. The Morgan fingerprint density at radius 2 is 0.910 bits per heavy atom. The van der Waals surface area contributed by atoms with E-state index in [1.807, 2.05) is 44.4 Å². The number of pyridine rings is 1. The Morgan fingerprint density at radius 3 is 1.37 bits per heavy atom. The maximum atomic E-state index is 9.74. The molecule has 0 unspecified atom stereocenters. The van der Waals surface area contributed by atoms with Crippen LogP contribution in [0.5, 0.6) is 0 Å². The Morgan fingerprint density at radius 1 is 0.487 bits per heavy atom. The molecule has 0 aliphatic carbocycles. The third-order valence-electron chi connectivity index (χ3n) is 14.9. The zero-order valence-corrected chi connectivity index (χ0v) is 48.0. The van der Waals surface area contributed by atoms with Crippen LogP contribution in [0.1, 0.15) is 70.2 Å². The van der Waals surface area contributed by atoms with Crippen LogP contribution in [0.3, 0.4) is 0 Å². The molecule has 3 aliphatic heterocycles. The molecular weight excluding hydrogens is 1080 g/mol. The SMILES string of the molecule is CN(C)c1ccc(/C=C(\C#N)c2ccc(-c3cc[n+](CCCCCCN4CCOCC4)cc3)cc2)cc1.[I-].c1ccc(C(=C(c2ccccc2)c2ccc(CN3CCOCC3)cc2)c2ccc(CN3CCOCC3)cc2)cc1. The summed E-state index contributed by atoms with van der Waals surface area (Å²) in [6.45, 7) is 15.4. The Bertz CT molecular complexity index is 2850. The summed E-state index contributed by atoms with van der Waals surface area (Å²) in [7, 11) is 4.05. The molecule has 10 rings (SSSR count). The normalized spacial score (nSPS) is 15.7. The molecule has 0 amide bonds. The van der Waals surface area contributed by atoms with Gasteiger partial charge in [0.2, 0.25) is 0 Å². The molecule has 404 valence electrons. The Kier molecular flexibility index (Phi) is 22.8. The number of hydrogen-bond donors (Lipinski definition) is 0. The van der Waals surface area contributed by atoms with Gasteiger partial charge in [-0.1, -0.05) is 152 Å². The van der Waals surface area contributed by atoms with Gasteiger partial charge in [0, 0.05) is 90.7 Å². The molecule has 3 fully saturated rings. The maximum Gasteiger partial charge on any atom is 0.169 e. The minimum absolute atomic E-state index is 0. The van der Waals surface area contributed by atoms with Crippen molar-refractivity contribution < 1.29 is 42.8 Å². The highest BCUT2D eigenvalue weighted by Gasteiger charge is 2.19. The zero-order valence-electron chi connectivity index (χ0n) is 45.8. The van der Waals surface area contributed by atoms with Crippen LogP contribution in [0.2, 0.25) is 0 Å². The summed E-state index contributed by atoms with van der Waals surface area (Å²) in [5.74, 6) is 0. The molecule has 0 radical (unpaired) electrons. The molecule has 6 aromatic carbocycles. The average Bonchev–Trinajstić information content (AvgIpc) is 3.56. The van der Waals surface area contributed by atoms with E-state index in [4.69, 9.17) is 14.2 Å². The van der Waals surface area contributed by atoms with Crippen molar-refractivity contribution in [1.82, 2.24) is 14.7 Å². The van der Waals surface area contributed by atoms with E-state index in [0.717, 1.165) is 121 Å². The van der Waals surface area contributed by atoms with Crippen molar-refractivity contribution >= 4 is 28.5 Å². The third-order valence-corrected chi connectivity index (χ3v) is 14.9. The van der Waals surface area contributed by atoms with Crippen molar-refractivity contribution in [2.24, 2.45) is 0 Å². The first-order chi connectivity index (χ1) is 38.0. The highest BCUT2D eigenvalue weighted by Crippen LogP contribution is 2.37. The van der Waals surface area contributed by atoms with Gasteiger partial charge in [0.05, 0.1) is 51.3 Å². The number of unbranched alkanes of at least 4 members (excludes halogenated alkanes) is 3. The van der Waals surface area contributed by atoms with Crippen molar-refractivity contribution in [3.05, 3.63) is 227 Å². The monoisotopic (exact) mass is 1150 g/mol. The molecular formula is C68H77IN6O3. The van der Waals surface area contributed by atoms with E-state index in [1.165, 1.54) is 82.3 Å². The molecule has 0 bridgehead atoms. The molecule has 0 atom stereocenters. The second-order valence-corrected chi connectivity index (χ2v) is 20.6. The number of nitriles is 1. The van der Waals surface area contributed by atoms with Gasteiger partial charge in [-0.05, 0) is 104 Å². The Balaban J connectivity index is 0.000000204. The van der Waals surface area contributed by atoms with Gasteiger partial charge in [-0.25, -0.2) is 4.57 Å². The van der Waals surface area contributed by atoms with Crippen LogP contribution in [0.4, 0.5) is 5.69 Å². The fourth-order valence-electron chi connectivity index (χ4n) is 10.4. The van der Waals surface area contributed by atoms with Gasteiger partial charge in [-0.2, -0.15) is 5.26 Å². The van der Waals surface area contributed by atoms with Crippen LogP contribution >= 0.6 is 0 Å². The molecule has 0 spiro atoms. The smallest absolute Gasteiger partial charge is 0.169 e. The summed E-state index contributed by atoms with van der Waals surface area (Å²) in [6.07, 6.45) is 11.4. The summed E-state index contributed by atoms with van der Waals surface area (Å²) in [6, 6.07) is 63.2.